The number of rotatable bonds is 7. The number of hydrogen-bond donors (Lipinski definition) is 0. The molecule has 0 fully saturated rings. The summed E-state index contributed by atoms with van der Waals surface area (Å²) in [6.45, 7) is 7.40. The van der Waals surface area contributed by atoms with E-state index in [2.05, 4.69) is 5.10 Å². The van der Waals surface area contributed by atoms with E-state index in [1.165, 1.54) is 10.7 Å². The maximum absolute atomic E-state index is 11.5. The van der Waals surface area contributed by atoms with Crippen LogP contribution in [0, 0.1) is 6.92 Å². The number of ether oxygens (including phenoxy) is 2. The SMILES string of the molecule is CCOC(CCn1nc(C)ccc1=O)OCC. The van der Waals surface area contributed by atoms with Gasteiger partial charge in [-0.25, -0.2) is 4.68 Å². The van der Waals surface area contributed by atoms with Gasteiger partial charge in [0, 0.05) is 32.2 Å². The maximum atomic E-state index is 11.5. The monoisotopic (exact) mass is 240 g/mol. The van der Waals surface area contributed by atoms with Crippen molar-refractivity contribution < 1.29 is 9.47 Å². The summed E-state index contributed by atoms with van der Waals surface area (Å²) in [4.78, 5) is 11.5. The van der Waals surface area contributed by atoms with E-state index in [9.17, 15) is 4.79 Å². The lowest BCUT2D eigenvalue weighted by Gasteiger charge is -2.16. The highest BCUT2D eigenvalue weighted by Gasteiger charge is 2.08. The molecule has 0 unspecified atom stereocenters. The van der Waals surface area contributed by atoms with Gasteiger partial charge in [-0.15, -0.1) is 0 Å². The molecule has 0 aliphatic carbocycles. The zero-order chi connectivity index (χ0) is 12.7. The normalized spacial score (nSPS) is 11.1. The Morgan fingerprint density at radius 2 is 1.94 bits per heavy atom. The van der Waals surface area contributed by atoms with Crippen molar-refractivity contribution in [2.24, 2.45) is 0 Å². The summed E-state index contributed by atoms with van der Waals surface area (Å²) in [6.07, 6.45) is 0.358. The molecule has 0 saturated carbocycles. The van der Waals surface area contributed by atoms with Crippen molar-refractivity contribution in [2.45, 2.75) is 40.0 Å². The molecule has 17 heavy (non-hydrogen) atoms. The highest BCUT2D eigenvalue weighted by molar-refractivity contribution is 4.96. The molecule has 0 N–H and O–H groups in total. The largest absolute Gasteiger partial charge is 0.353 e. The van der Waals surface area contributed by atoms with Crippen LogP contribution >= 0.6 is 0 Å². The molecule has 5 heteroatoms. The summed E-state index contributed by atoms with van der Waals surface area (Å²) in [5.74, 6) is 0. The third-order valence-corrected chi connectivity index (χ3v) is 2.28. The van der Waals surface area contributed by atoms with E-state index in [0.29, 0.717) is 26.2 Å². The van der Waals surface area contributed by atoms with E-state index in [4.69, 9.17) is 9.47 Å². The summed E-state index contributed by atoms with van der Waals surface area (Å²) in [7, 11) is 0. The summed E-state index contributed by atoms with van der Waals surface area (Å²) < 4.78 is 12.3. The molecule has 0 amide bonds. The third-order valence-electron chi connectivity index (χ3n) is 2.28. The standard InChI is InChI=1S/C12H20N2O3/c1-4-16-12(17-5-2)8-9-14-11(15)7-6-10(3)13-14/h6-7,12H,4-5,8-9H2,1-3H3. The first-order valence-corrected chi connectivity index (χ1v) is 5.95. The lowest BCUT2D eigenvalue weighted by molar-refractivity contribution is -0.141. The van der Waals surface area contributed by atoms with Crippen LogP contribution in [0.5, 0.6) is 0 Å². The van der Waals surface area contributed by atoms with Crippen molar-refractivity contribution in [1.82, 2.24) is 9.78 Å². The molecule has 0 bridgehead atoms. The Morgan fingerprint density at radius 1 is 1.29 bits per heavy atom. The molecule has 0 aromatic carbocycles. The Labute approximate surface area is 101 Å². The lowest BCUT2D eigenvalue weighted by Crippen LogP contribution is -2.26. The minimum absolute atomic E-state index is 0.0950. The Balaban J connectivity index is 2.58. The van der Waals surface area contributed by atoms with Crippen molar-refractivity contribution in [3.63, 3.8) is 0 Å². The van der Waals surface area contributed by atoms with Crippen LogP contribution in [-0.2, 0) is 16.0 Å². The van der Waals surface area contributed by atoms with E-state index in [-0.39, 0.29) is 11.8 Å². The molecule has 1 aromatic rings. The minimum Gasteiger partial charge on any atom is -0.353 e. The summed E-state index contributed by atoms with van der Waals surface area (Å²) in [5, 5.41) is 4.16. The van der Waals surface area contributed by atoms with Crippen molar-refractivity contribution in [2.75, 3.05) is 13.2 Å². The van der Waals surface area contributed by atoms with Crippen LogP contribution in [0.2, 0.25) is 0 Å². The molecule has 0 aliphatic rings. The summed E-state index contributed by atoms with van der Waals surface area (Å²) >= 11 is 0. The van der Waals surface area contributed by atoms with Gasteiger partial charge >= 0.3 is 0 Å². The van der Waals surface area contributed by atoms with Gasteiger partial charge < -0.3 is 9.47 Å². The fourth-order valence-corrected chi connectivity index (χ4v) is 1.53. The van der Waals surface area contributed by atoms with Crippen LogP contribution in [-0.4, -0.2) is 29.3 Å². The first-order chi connectivity index (χ1) is 8.17. The highest BCUT2D eigenvalue weighted by atomic mass is 16.7. The number of aromatic nitrogens is 2. The lowest BCUT2D eigenvalue weighted by atomic mass is 10.4. The highest BCUT2D eigenvalue weighted by Crippen LogP contribution is 2.02. The van der Waals surface area contributed by atoms with E-state index in [0.717, 1.165) is 5.69 Å². The molecule has 1 rings (SSSR count). The van der Waals surface area contributed by atoms with Crippen LogP contribution in [0.4, 0.5) is 0 Å². The van der Waals surface area contributed by atoms with E-state index < -0.39 is 0 Å². The van der Waals surface area contributed by atoms with Gasteiger partial charge in [-0.1, -0.05) is 0 Å². The molecule has 0 saturated heterocycles. The molecule has 0 radical (unpaired) electrons. The molecular weight excluding hydrogens is 220 g/mol. The second kappa shape index (κ2) is 7.19. The molecule has 96 valence electrons. The van der Waals surface area contributed by atoms with Crippen molar-refractivity contribution in [3.05, 3.63) is 28.2 Å². The van der Waals surface area contributed by atoms with Gasteiger partial charge in [-0.2, -0.15) is 5.10 Å². The number of hydrogen-bond acceptors (Lipinski definition) is 4. The zero-order valence-electron chi connectivity index (χ0n) is 10.7. The second-order valence-corrected chi connectivity index (χ2v) is 3.67. The van der Waals surface area contributed by atoms with Crippen LogP contribution < -0.4 is 5.56 Å². The Bertz CT molecular complexity index is 384. The minimum atomic E-state index is -0.265. The van der Waals surface area contributed by atoms with Crippen molar-refractivity contribution in [3.8, 4) is 0 Å². The zero-order valence-corrected chi connectivity index (χ0v) is 10.7. The fraction of sp³-hybridized carbons (Fsp3) is 0.667. The molecule has 0 atom stereocenters. The van der Waals surface area contributed by atoms with E-state index in [1.54, 1.807) is 6.07 Å². The predicted molar refractivity (Wildman–Crippen MR) is 64.9 cm³/mol. The van der Waals surface area contributed by atoms with Gasteiger partial charge in [0.05, 0.1) is 5.69 Å². The van der Waals surface area contributed by atoms with Crippen LogP contribution in [0.25, 0.3) is 0 Å². The Kier molecular flexibility index (Phi) is 5.86. The average molecular weight is 240 g/mol. The van der Waals surface area contributed by atoms with Crippen LogP contribution in [0.15, 0.2) is 16.9 Å². The van der Waals surface area contributed by atoms with Crippen molar-refractivity contribution in [1.29, 1.82) is 0 Å². The fourth-order valence-electron chi connectivity index (χ4n) is 1.53. The second-order valence-electron chi connectivity index (χ2n) is 3.67. The summed E-state index contributed by atoms with van der Waals surface area (Å²) in [6, 6.07) is 3.24. The van der Waals surface area contributed by atoms with Gasteiger partial charge in [-0.3, -0.25) is 4.79 Å². The molecule has 5 nitrogen and oxygen atoms in total. The molecule has 1 heterocycles. The van der Waals surface area contributed by atoms with Gasteiger partial charge in [0.2, 0.25) is 0 Å². The van der Waals surface area contributed by atoms with Crippen LogP contribution in [0.3, 0.4) is 0 Å². The third kappa shape index (κ3) is 4.66. The van der Waals surface area contributed by atoms with Gasteiger partial charge in [-0.05, 0) is 26.8 Å². The molecule has 1 aromatic heterocycles. The number of aryl methyl sites for hydroxylation is 2. The number of nitrogens with zero attached hydrogens (tertiary/aromatic N) is 2. The molecule has 0 spiro atoms. The maximum Gasteiger partial charge on any atom is 0.266 e. The molecule has 0 aliphatic heterocycles. The first kappa shape index (κ1) is 13.9. The van der Waals surface area contributed by atoms with E-state index >= 15 is 0 Å². The first-order valence-electron chi connectivity index (χ1n) is 5.95. The smallest absolute Gasteiger partial charge is 0.266 e. The Morgan fingerprint density at radius 3 is 2.53 bits per heavy atom. The van der Waals surface area contributed by atoms with Gasteiger partial charge in [0.1, 0.15) is 0 Å². The van der Waals surface area contributed by atoms with Crippen LogP contribution in [0.1, 0.15) is 26.0 Å². The Hall–Kier alpha value is -1.20. The van der Waals surface area contributed by atoms with E-state index in [1.807, 2.05) is 20.8 Å². The van der Waals surface area contributed by atoms with Crippen molar-refractivity contribution >= 4 is 0 Å². The molecular formula is C12H20N2O3. The summed E-state index contributed by atoms with van der Waals surface area (Å²) in [5.41, 5.74) is 0.733. The topological polar surface area (TPSA) is 53.4 Å². The predicted octanol–water partition coefficient (Wildman–Crippen LogP) is 1.34. The average Bonchev–Trinajstić information content (AvgIpc) is 2.30. The van der Waals surface area contributed by atoms with Gasteiger partial charge in [0.15, 0.2) is 6.29 Å². The van der Waals surface area contributed by atoms with Gasteiger partial charge in [0.25, 0.3) is 5.56 Å². The quantitative estimate of drug-likeness (QED) is 0.675.